The van der Waals surface area contributed by atoms with Crippen LogP contribution in [-0.2, 0) is 4.74 Å². The lowest BCUT2D eigenvalue weighted by molar-refractivity contribution is -0.00104. The maximum Gasteiger partial charge on any atom is 0.410 e. The van der Waals surface area contributed by atoms with Gasteiger partial charge in [0.2, 0.25) is 0 Å². The minimum absolute atomic E-state index is 0.0184. The summed E-state index contributed by atoms with van der Waals surface area (Å²) in [6.45, 7) is 11.2. The van der Waals surface area contributed by atoms with Gasteiger partial charge in [0, 0.05) is 25.2 Å². The topological polar surface area (TPSA) is 49.9 Å². The summed E-state index contributed by atoms with van der Waals surface area (Å²) in [6.07, 6.45) is 2.61. The van der Waals surface area contributed by atoms with Crippen molar-refractivity contribution >= 4 is 23.8 Å². The maximum absolute atomic E-state index is 13.1. The second-order valence-electron chi connectivity index (χ2n) is 8.11. The molecule has 1 aromatic carbocycles. The van der Waals surface area contributed by atoms with Crippen LogP contribution in [0.3, 0.4) is 0 Å². The van der Waals surface area contributed by atoms with E-state index in [4.69, 9.17) is 4.74 Å². The van der Waals surface area contributed by atoms with E-state index < -0.39 is 5.60 Å². The van der Waals surface area contributed by atoms with Crippen LogP contribution < -0.4 is 0 Å². The van der Waals surface area contributed by atoms with Gasteiger partial charge in [-0.05, 0) is 70.2 Å². The molecule has 1 fully saturated rings. The van der Waals surface area contributed by atoms with Gasteiger partial charge in [-0.2, -0.15) is 11.8 Å². The van der Waals surface area contributed by atoms with E-state index in [2.05, 4.69) is 6.26 Å². The standard InChI is InChI=1S/C21H32N2O3S/c1-15-8-7-9-18(16(15)2)19(24)22-11-12-23(17(14-22)10-13-27-6)20(25)26-21(3,4)5/h7-9,17H,10-14H2,1-6H3. The molecule has 0 bridgehead atoms. The van der Waals surface area contributed by atoms with Crippen LogP contribution in [0, 0.1) is 13.8 Å². The highest BCUT2D eigenvalue weighted by molar-refractivity contribution is 7.98. The Balaban J connectivity index is 2.16. The molecule has 1 aliphatic heterocycles. The molecule has 0 N–H and O–H groups in total. The fourth-order valence-electron chi connectivity index (χ4n) is 3.25. The molecule has 1 saturated heterocycles. The number of ether oxygens (including phenoxy) is 1. The normalized spacial score (nSPS) is 17.8. The average Bonchev–Trinajstić information content (AvgIpc) is 2.60. The quantitative estimate of drug-likeness (QED) is 0.773. The average molecular weight is 393 g/mol. The van der Waals surface area contributed by atoms with Crippen molar-refractivity contribution < 1.29 is 14.3 Å². The van der Waals surface area contributed by atoms with Crippen LogP contribution in [0.2, 0.25) is 0 Å². The van der Waals surface area contributed by atoms with Crippen molar-refractivity contribution in [2.75, 3.05) is 31.6 Å². The number of nitrogens with zero attached hydrogens (tertiary/aromatic N) is 2. The van der Waals surface area contributed by atoms with Crippen molar-refractivity contribution in [3.8, 4) is 0 Å². The van der Waals surface area contributed by atoms with E-state index in [9.17, 15) is 9.59 Å². The van der Waals surface area contributed by atoms with Crippen molar-refractivity contribution in [1.82, 2.24) is 9.80 Å². The van der Waals surface area contributed by atoms with Crippen molar-refractivity contribution in [2.24, 2.45) is 0 Å². The highest BCUT2D eigenvalue weighted by Gasteiger charge is 2.35. The third kappa shape index (κ3) is 5.64. The molecule has 6 heteroatoms. The van der Waals surface area contributed by atoms with Gasteiger partial charge < -0.3 is 14.5 Å². The van der Waals surface area contributed by atoms with E-state index >= 15 is 0 Å². The lowest BCUT2D eigenvalue weighted by Crippen LogP contribution is -2.57. The molecule has 150 valence electrons. The van der Waals surface area contributed by atoms with Gasteiger partial charge in [-0.1, -0.05) is 12.1 Å². The van der Waals surface area contributed by atoms with Gasteiger partial charge in [0.1, 0.15) is 5.60 Å². The SMILES string of the molecule is CSCCC1CN(C(=O)c2cccc(C)c2C)CCN1C(=O)OC(C)(C)C. The Bertz CT molecular complexity index is 684. The number of hydrogen-bond acceptors (Lipinski definition) is 4. The second kappa shape index (κ2) is 9.00. The zero-order chi connectivity index (χ0) is 20.2. The van der Waals surface area contributed by atoms with Crippen molar-refractivity contribution in [3.05, 3.63) is 34.9 Å². The van der Waals surface area contributed by atoms with E-state index in [1.54, 1.807) is 16.7 Å². The molecule has 1 unspecified atom stereocenters. The Labute approximate surface area is 167 Å². The number of benzene rings is 1. The zero-order valence-corrected chi connectivity index (χ0v) is 18.2. The molecule has 5 nitrogen and oxygen atoms in total. The zero-order valence-electron chi connectivity index (χ0n) is 17.4. The number of amides is 2. The number of thioether (sulfide) groups is 1. The summed E-state index contributed by atoms with van der Waals surface area (Å²) in [5, 5.41) is 0. The van der Waals surface area contributed by atoms with E-state index in [0.717, 1.165) is 28.9 Å². The molecule has 0 aromatic heterocycles. The van der Waals surface area contributed by atoms with Crippen molar-refractivity contribution in [2.45, 2.75) is 52.7 Å². The Kier molecular flexibility index (Phi) is 7.20. The van der Waals surface area contributed by atoms with Gasteiger partial charge in [0.25, 0.3) is 5.91 Å². The number of carbonyl (C=O) groups is 2. The summed E-state index contributed by atoms with van der Waals surface area (Å²) in [7, 11) is 0. The number of rotatable bonds is 4. The molecular weight excluding hydrogens is 360 g/mol. The van der Waals surface area contributed by atoms with Gasteiger partial charge in [-0.15, -0.1) is 0 Å². The van der Waals surface area contributed by atoms with E-state index in [-0.39, 0.29) is 18.0 Å². The van der Waals surface area contributed by atoms with E-state index in [0.29, 0.717) is 19.6 Å². The summed E-state index contributed by atoms with van der Waals surface area (Å²) in [5.41, 5.74) is 2.38. The Morgan fingerprint density at radius 3 is 2.56 bits per heavy atom. The fourth-order valence-corrected chi connectivity index (χ4v) is 3.76. The Morgan fingerprint density at radius 1 is 1.22 bits per heavy atom. The van der Waals surface area contributed by atoms with E-state index in [1.807, 2.05) is 57.7 Å². The molecule has 2 rings (SSSR count). The van der Waals surface area contributed by atoms with Crippen LogP contribution in [0.1, 0.15) is 48.7 Å². The number of aryl methyl sites for hydroxylation is 1. The summed E-state index contributed by atoms with van der Waals surface area (Å²) < 4.78 is 5.58. The molecule has 0 spiro atoms. The smallest absolute Gasteiger partial charge is 0.410 e. The van der Waals surface area contributed by atoms with E-state index in [1.165, 1.54) is 0 Å². The molecule has 1 aromatic rings. The third-order valence-electron chi connectivity index (χ3n) is 4.89. The van der Waals surface area contributed by atoms with Crippen LogP contribution >= 0.6 is 11.8 Å². The number of hydrogen-bond donors (Lipinski definition) is 0. The second-order valence-corrected chi connectivity index (χ2v) is 9.09. The minimum Gasteiger partial charge on any atom is -0.444 e. The molecular formula is C21H32N2O3S. The monoisotopic (exact) mass is 392 g/mol. The predicted molar refractivity (Wildman–Crippen MR) is 112 cm³/mol. The summed E-state index contributed by atoms with van der Waals surface area (Å²) in [6, 6.07) is 5.82. The number of carbonyl (C=O) groups excluding carboxylic acids is 2. The minimum atomic E-state index is -0.521. The molecule has 2 amide bonds. The van der Waals surface area contributed by atoms with Gasteiger partial charge in [-0.3, -0.25) is 4.79 Å². The molecule has 0 saturated carbocycles. The van der Waals surface area contributed by atoms with Crippen molar-refractivity contribution in [1.29, 1.82) is 0 Å². The Morgan fingerprint density at radius 2 is 1.93 bits per heavy atom. The first-order valence-electron chi connectivity index (χ1n) is 9.48. The van der Waals surface area contributed by atoms with Gasteiger partial charge in [0.15, 0.2) is 0 Å². The Hall–Kier alpha value is -1.69. The highest BCUT2D eigenvalue weighted by atomic mass is 32.2. The molecule has 1 aliphatic rings. The lowest BCUT2D eigenvalue weighted by atomic mass is 10.0. The summed E-state index contributed by atoms with van der Waals surface area (Å²) in [5.74, 6) is 0.990. The van der Waals surface area contributed by atoms with Crippen molar-refractivity contribution in [3.63, 3.8) is 0 Å². The largest absolute Gasteiger partial charge is 0.444 e. The third-order valence-corrected chi connectivity index (χ3v) is 5.53. The molecule has 0 aliphatic carbocycles. The summed E-state index contributed by atoms with van der Waals surface area (Å²) in [4.78, 5) is 29.4. The predicted octanol–water partition coefficient (Wildman–Crippen LogP) is 4.12. The van der Waals surface area contributed by atoms with Gasteiger partial charge in [-0.25, -0.2) is 4.79 Å². The van der Waals surface area contributed by atoms with Crippen LogP contribution in [0.15, 0.2) is 18.2 Å². The van der Waals surface area contributed by atoms with Crippen LogP contribution in [-0.4, -0.2) is 65.1 Å². The van der Waals surface area contributed by atoms with Crippen LogP contribution in [0.4, 0.5) is 4.79 Å². The summed E-state index contributed by atoms with van der Waals surface area (Å²) >= 11 is 1.75. The molecule has 27 heavy (non-hydrogen) atoms. The van der Waals surface area contributed by atoms with Gasteiger partial charge >= 0.3 is 6.09 Å². The first kappa shape index (κ1) is 21.6. The first-order valence-corrected chi connectivity index (χ1v) is 10.9. The maximum atomic E-state index is 13.1. The van der Waals surface area contributed by atoms with Gasteiger partial charge in [0.05, 0.1) is 6.04 Å². The molecule has 0 radical (unpaired) electrons. The highest BCUT2D eigenvalue weighted by Crippen LogP contribution is 2.22. The lowest BCUT2D eigenvalue weighted by Gasteiger charge is -2.42. The fraction of sp³-hybridized carbons (Fsp3) is 0.619. The van der Waals surface area contributed by atoms with Crippen LogP contribution in [0.5, 0.6) is 0 Å². The van der Waals surface area contributed by atoms with Crippen LogP contribution in [0.25, 0.3) is 0 Å². The molecule has 1 atom stereocenters. The first-order chi connectivity index (χ1) is 12.6. The molecule has 1 heterocycles. The number of piperazine rings is 1.